The molecule has 1 aromatic heterocycles. The third kappa shape index (κ3) is 2.95. The average molecular weight is 219 g/mol. The van der Waals surface area contributed by atoms with Gasteiger partial charge in [0.2, 0.25) is 5.91 Å². The second kappa shape index (κ2) is 4.96. The normalized spacial score (nSPS) is 19.7. The zero-order valence-electron chi connectivity index (χ0n) is 9.52. The van der Waals surface area contributed by atoms with Gasteiger partial charge in [0.15, 0.2) is 0 Å². The molecule has 1 N–H and O–H groups in total. The maximum Gasteiger partial charge on any atom is 0.241 e. The fraction of sp³-hybridized carbons (Fsp3) is 0.500. The molecule has 1 unspecified atom stereocenters. The number of aryl methyl sites for hydroxylation is 1. The summed E-state index contributed by atoms with van der Waals surface area (Å²) in [6.07, 6.45) is 11.0. The number of hydrogen-bond acceptors (Lipinski definition) is 2. The van der Waals surface area contributed by atoms with Gasteiger partial charge in [-0.15, -0.1) is 0 Å². The minimum Gasteiger partial charge on any atom is -0.351 e. The van der Waals surface area contributed by atoms with Crippen molar-refractivity contribution in [3.63, 3.8) is 0 Å². The van der Waals surface area contributed by atoms with Gasteiger partial charge >= 0.3 is 0 Å². The number of allylic oxidation sites excluding steroid dienone is 1. The van der Waals surface area contributed by atoms with Crippen LogP contribution in [0, 0.1) is 6.92 Å². The number of amides is 1. The lowest BCUT2D eigenvalue weighted by molar-refractivity contribution is -0.122. The molecule has 0 saturated heterocycles. The van der Waals surface area contributed by atoms with Crippen LogP contribution in [0.3, 0.4) is 0 Å². The van der Waals surface area contributed by atoms with Gasteiger partial charge in [0.25, 0.3) is 0 Å². The van der Waals surface area contributed by atoms with Gasteiger partial charge < -0.3 is 5.32 Å². The number of hydrogen-bond donors (Lipinski definition) is 1. The number of rotatable bonds is 3. The van der Waals surface area contributed by atoms with Gasteiger partial charge in [0, 0.05) is 12.2 Å². The standard InChI is InChI=1S/C12H17N3O/c1-10-7-13-15(8-10)9-12(16)14-11-5-3-2-4-6-11/h2-3,7-8,11H,4-6,9H2,1H3,(H,14,16). The summed E-state index contributed by atoms with van der Waals surface area (Å²) in [5.41, 5.74) is 1.08. The Bertz CT molecular complexity index is 395. The fourth-order valence-corrected chi connectivity index (χ4v) is 1.90. The molecular weight excluding hydrogens is 202 g/mol. The monoisotopic (exact) mass is 219 g/mol. The third-order valence-corrected chi connectivity index (χ3v) is 2.70. The largest absolute Gasteiger partial charge is 0.351 e. The van der Waals surface area contributed by atoms with Crippen LogP contribution in [0.4, 0.5) is 0 Å². The van der Waals surface area contributed by atoms with Crippen LogP contribution in [-0.4, -0.2) is 21.7 Å². The number of nitrogens with one attached hydrogen (secondary N) is 1. The summed E-state index contributed by atoms with van der Waals surface area (Å²) in [4.78, 5) is 11.7. The highest BCUT2D eigenvalue weighted by Gasteiger charge is 2.13. The Kier molecular flexibility index (Phi) is 3.39. The van der Waals surface area contributed by atoms with E-state index in [1.807, 2.05) is 13.1 Å². The molecule has 1 heterocycles. The van der Waals surface area contributed by atoms with Gasteiger partial charge in [-0.25, -0.2) is 0 Å². The van der Waals surface area contributed by atoms with Gasteiger partial charge in [-0.2, -0.15) is 5.10 Å². The molecule has 4 nitrogen and oxygen atoms in total. The van der Waals surface area contributed by atoms with E-state index in [2.05, 4.69) is 22.6 Å². The summed E-state index contributed by atoms with van der Waals surface area (Å²) < 4.78 is 1.67. The van der Waals surface area contributed by atoms with Crippen molar-refractivity contribution in [2.45, 2.75) is 38.8 Å². The average Bonchev–Trinajstić information content (AvgIpc) is 2.65. The predicted molar refractivity (Wildman–Crippen MR) is 61.9 cm³/mol. The van der Waals surface area contributed by atoms with E-state index in [0.717, 1.165) is 24.8 Å². The fourth-order valence-electron chi connectivity index (χ4n) is 1.90. The van der Waals surface area contributed by atoms with Crippen molar-refractivity contribution in [1.29, 1.82) is 0 Å². The van der Waals surface area contributed by atoms with Crippen molar-refractivity contribution in [3.05, 3.63) is 30.1 Å². The molecule has 0 bridgehead atoms. The van der Waals surface area contributed by atoms with E-state index < -0.39 is 0 Å². The highest BCUT2D eigenvalue weighted by molar-refractivity contribution is 5.76. The lowest BCUT2D eigenvalue weighted by Gasteiger charge is -2.19. The minimum atomic E-state index is 0.0448. The molecule has 1 aliphatic rings. The van der Waals surface area contributed by atoms with Crippen LogP contribution in [0.1, 0.15) is 24.8 Å². The Morgan fingerprint density at radius 1 is 1.62 bits per heavy atom. The summed E-state index contributed by atoms with van der Waals surface area (Å²) in [5, 5.41) is 7.12. The first-order valence-electron chi connectivity index (χ1n) is 5.67. The number of aromatic nitrogens is 2. The van der Waals surface area contributed by atoms with E-state index in [1.165, 1.54) is 0 Å². The van der Waals surface area contributed by atoms with Crippen LogP contribution in [0.5, 0.6) is 0 Å². The van der Waals surface area contributed by atoms with Crippen molar-refractivity contribution >= 4 is 5.91 Å². The van der Waals surface area contributed by atoms with Gasteiger partial charge in [0.05, 0.1) is 6.20 Å². The number of carbonyl (C=O) groups is 1. The van der Waals surface area contributed by atoms with Crippen LogP contribution >= 0.6 is 0 Å². The molecule has 16 heavy (non-hydrogen) atoms. The summed E-state index contributed by atoms with van der Waals surface area (Å²) >= 11 is 0. The molecule has 86 valence electrons. The Labute approximate surface area is 95.3 Å². The van der Waals surface area contributed by atoms with E-state index >= 15 is 0 Å². The van der Waals surface area contributed by atoms with Gasteiger partial charge in [-0.3, -0.25) is 9.48 Å². The minimum absolute atomic E-state index is 0.0448. The molecule has 1 amide bonds. The molecule has 1 aromatic rings. The number of nitrogens with zero attached hydrogens (tertiary/aromatic N) is 2. The van der Waals surface area contributed by atoms with Crippen LogP contribution in [0.25, 0.3) is 0 Å². The summed E-state index contributed by atoms with van der Waals surface area (Å²) in [6.45, 7) is 2.28. The van der Waals surface area contributed by atoms with Gasteiger partial charge in [-0.1, -0.05) is 12.2 Å². The lowest BCUT2D eigenvalue weighted by atomic mass is 10.0. The quantitative estimate of drug-likeness (QED) is 0.781. The first-order chi connectivity index (χ1) is 7.74. The zero-order valence-corrected chi connectivity index (χ0v) is 9.52. The first kappa shape index (κ1) is 10.9. The SMILES string of the molecule is Cc1cnn(CC(=O)NC2CC=CCC2)c1. The van der Waals surface area contributed by atoms with Crippen LogP contribution in [0.15, 0.2) is 24.5 Å². The van der Waals surface area contributed by atoms with Crippen molar-refractivity contribution in [2.75, 3.05) is 0 Å². The van der Waals surface area contributed by atoms with E-state index in [9.17, 15) is 4.79 Å². The molecule has 0 aliphatic heterocycles. The molecule has 0 saturated carbocycles. The molecule has 0 radical (unpaired) electrons. The molecule has 4 heteroatoms. The van der Waals surface area contributed by atoms with Crippen molar-refractivity contribution in [3.8, 4) is 0 Å². The maximum absolute atomic E-state index is 11.7. The highest BCUT2D eigenvalue weighted by Crippen LogP contribution is 2.10. The maximum atomic E-state index is 11.7. The molecule has 0 aromatic carbocycles. The molecule has 2 rings (SSSR count). The summed E-state index contributed by atoms with van der Waals surface area (Å²) in [6, 6.07) is 0.300. The molecular formula is C12H17N3O. The van der Waals surface area contributed by atoms with Gasteiger partial charge in [0.1, 0.15) is 6.54 Å². The Hall–Kier alpha value is -1.58. The molecule has 0 spiro atoms. The smallest absolute Gasteiger partial charge is 0.241 e. The lowest BCUT2D eigenvalue weighted by Crippen LogP contribution is -2.37. The summed E-state index contributed by atoms with van der Waals surface area (Å²) in [7, 11) is 0. The summed E-state index contributed by atoms with van der Waals surface area (Å²) in [5.74, 6) is 0.0448. The second-order valence-electron chi connectivity index (χ2n) is 4.26. The molecule has 1 atom stereocenters. The first-order valence-corrected chi connectivity index (χ1v) is 5.67. The second-order valence-corrected chi connectivity index (χ2v) is 4.26. The number of carbonyl (C=O) groups excluding carboxylic acids is 1. The Morgan fingerprint density at radius 2 is 2.50 bits per heavy atom. The van der Waals surface area contributed by atoms with Crippen molar-refractivity contribution in [2.24, 2.45) is 0 Å². The van der Waals surface area contributed by atoms with E-state index in [0.29, 0.717) is 12.6 Å². The van der Waals surface area contributed by atoms with Gasteiger partial charge in [-0.05, 0) is 31.7 Å². The predicted octanol–water partition coefficient (Wildman–Crippen LogP) is 1.42. The van der Waals surface area contributed by atoms with Crippen molar-refractivity contribution < 1.29 is 4.79 Å². The third-order valence-electron chi connectivity index (χ3n) is 2.70. The van der Waals surface area contributed by atoms with E-state index in [4.69, 9.17) is 0 Å². The zero-order chi connectivity index (χ0) is 11.4. The van der Waals surface area contributed by atoms with Crippen LogP contribution in [-0.2, 0) is 11.3 Å². The Balaban J connectivity index is 1.82. The van der Waals surface area contributed by atoms with Crippen molar-refractivity contribution in [1.82, 2.24) is 15.1 Å². The van der Waals surface area contributed by atoms with Crippen LogP contribution in [0.2, 0.25) is 0 Å². The van der Waals surface area contributed by atoms with E-state index in [1.54, 1.807) is 10.9 Å². The molecule has 0 fully saturated rings. The molecule has 1 aliphatic carbocycles. The topological polar surface area (TPSA) is 46.9 Å². The Morgan fingerprint density at radius 3 is 3.12 bits per heavy atom. The highest BCUT2D eigenvalue weighted by atomic mass is 16.2. The van der Waals surface area contributed by atoms with Crippen LogP contribution < -0.4 is 5.32 Å². The van der Waals surface area contributed by atoms with E-state index in [-0.39, 0.29) is 5.91 Å².